The van der Waals surface area contributed by atoms with Crippen molar-refractivity contribution in [3.05, 3.63) is 5.89 Å². The van der Waals surface area contributed by atoms with Crippen LogP contribution < -0.4 is 5.32 Å². The minimum Gasteiger partial charge on any atom is -0.407 e. The number of aromatic nitrogens is 2. The average molecular weight is 261 g/mol. The fourth-order valence-electron chi connectivity index (χ4n) is 1.42. The smallest absolute Gasteiger partial charge is 0.316 e. The van der Waals surface area contributed by atoms with Crippen LogP contribution in [0.1, 0.15) is 26.7 Å². The Labute approximate surface area is 105 Å². The highest BCUT2D eigenvalue weighted by atomic mass is 35.5. The zero-order valence-corrected chi connectivity index (χ0v) is 11.0. The first-order valence-electron chi connectivity index (χ1n) is 5.56. The number of rotatable bonds is 6. The van der Waals surface area contributed by atoms with E-state index >= 15 is 0 Å². The number of nitrogens with zero attached hydrogens (tertiary/aromatic N) is 3. The van der Waals surface area contributed by atoms with E-state index in [2.05, 4.69) is 15.5 Å². The Balaban J connectivity index is 2.58. The quantitative estimate of drug-likeness (QED) is 0.785. The minimum atomic E-state index is -0.404. The van der Waals surface area contributed by atoms with E-state index in [0.717, 1.165) is 0 Å². The third kappa shape index (κ3) is 3.59. The zero-order valence-electron chi connectivity index (χ0n) is 10.2. The average Bonchev–Trinajstić information content (AvgIpc) is 2.78. The number of carbonyl (C=O) groups excluding carboxylic acids is 1. The van der Waals surface area contributed by atoms with Crippen LogP contribution in [-0.4, -0.2) is 40.1 Å². The van der Waals surface area contributed by atoms with Crippen LogP contribution in [0.25, 0.3) is 0 Å². The van der Waals surface area contributed by atoms with Crippen LogP contribution in [0.2, 0.25) is 0 Å². The fraction of sp³-hybridized carbons (Fsp3) is 0.700. The lowest BCUT2D eigenvalue weighted by Crippen LogP contribution is -2.41. The standard InChI is InChI=1S/C10H17ClN4O2/c1-4-15(5-2)9(16)7(3)12-10-14-13-8(6-11)17-10/h7H,4-6H2,1-3H3,(H,12,14). The van der Waals surface area contributed by atoms with E-state index in [-0.39, 0.29) is 17.8 Å². The molecule has 1 atom stereocenters. The van der Waals surface area contributed by atoms with Crippen LogP contribution >= 0.6 is 11.6 Å². The van der Waals surface area contributed by atoms with Gasteiger partial charge in [0.15, 0.2) is 0 Å². The van der Waals surface area contributed by atoms with Crippen LogP contribution in [0.4, 0.5) is 6.01 Å². The van der Waals surface area contributed by atoms with E-state index < -0.39 is 6.04 Å². The number of hydrogen-bond donors (Lipinski definition) is 1. The molecule has 0 saturated carbocycles. The molecule has 1 N–H and O–H groups in total. The van der Waals surface area contributed by atoms with Crippen molar-refractivity contribution in [2.24, 2.45) is 0 Å². The van der Waals surface area contributed by atoms with E-state index in [4.69, 9.17) is 16.0 Å². The van der Waals surface area contributed by atoms with Gasteiger partial charge in [0, 0.05) is 13.1 Å². The summed E-state index contributed by atoms with van der Waals surface area (Å²) in [6, 6.07) is -0.188. The summed E-state index contributed by atoms with van der Waals surface area (Å²) < 4.78 is 5.16. The van der Waals surface area contributed by atoms with E-state index in [9.17, 15) is 4.79 Å². The zero-order chi connectivity index (χ0) is 12.8. The van der Waals surface area contributed by atoms with Crippen molar-refractivity contribution >= 4 is 23.5 Å². The van der Waals surface area contributed by atoms with Gasteiger partial charge in [0.25, 0.3) is 0 Å². The lowest BCUT2D eigenvalue weighted by Gasteiger charge is -2.22. The van der Waals surface area contributed by atoms with Gasteiger partial charge < -0.3 is 14.6 Å². The molecule has 7 heteroatoms. The Morgan fingerprint density at radius 2 is 2.12 bits per heavy atom. The first-order chi connectivity index (χ1) is 8.12. The van der Waals surface area contributed by atoms with Gasteiger partial charge in [-0.05, 0) is 20.8 Å². The number of likely N-dealkylation sites (N-methyl/N-ethyl adjacent to an activating group) is 1. The molecular formula is C10H17ClN4O2. The first-order valence-corrected chi connectivity index (χ1v) is 6.09. The summed E-state index contributed by atoms with van der Waals surface area (Å²) in [6.07, 6.45) is 0. The first kappa shape index (κ1) is 13.8. The molecule has 1 heterocycles. The SMILES string of the molecule is CCN(CC)C(=O)C(C)Nc1nnc(CCl)o1. The summed E-state index contributed by atoms with van der Waals surface area (Å²) in [6.45, 7) is 6.99. The monoisotopic (exact) mass is 260 g/mol. The molecule has 1 unspecified atom stereocenters. The second-order valence-corrected chi connectivity index (χ2v) is 3.78. The molecular weight excluding hydrogens is 244 g/mol. The normalized spacial score (nSPS) is 12.2. The molecule has 0 aliphatic rings. The molecule has 96 valence electrons. The highest BCUT2D eigenvalue weighted by Gasteiger charge is 2.19. The van der Waals surface area contributed by atoms with Gasteiger partial charge in [-0.25, -0.2) is 0 Å². The maximum absolute atomic E-state index is 11.9. The van der Waals surface area contributed by atoms with Crippen LogP contribution in [0.3, 0.4) is 0 Å². The summed E-state index contributed by atoms with van der Waals surface area (Å²) in [5.41, 5.74) is 0. The van der Waals surface area contributed by atoms with Gasteiger partial charge in [-0.3, -0.25) is 4.79 Å². The Morgan fingerprint density at radius 3 is 2.59 bits per heavy atom. The van der Waals surface area contributed by atoms with Crippen molar-refractivity contribution in [2.45, 2.75) is 32.7 Å². The molecule has 6 nitrogen and oxygen atoms in total. The molecule has 0 aliphatic carbocycles. The van der Waals surface area contributed by atoms with Gasteiger partial charge in [0.05, 0.1) is 0 Å². The van der Waals surface area contributed by atoms with Crippen molar-refractivity contribution < 1.29 is 9.21 Å². The highest BCUT2D eigenvalue weighted by molar-refractivity contribution is 6.16. The maximum Gasteiger partial charge on any atom is 0.316 e. The molecule has 0 fully saturated rings. The molecule has 0 radical (unpaired) electrons. The van der Waals surface area contributed by atoms with Crippen LogP contribution in [0, 0.1) is 0 Å². The fourth-order valence-corrected chi connectivity index (χ4v) is 1.53. The van der Waals surface area contributed by atoms with Crippen molar-refractivity contribution in [3.8, 4) is 0 Å². The molecule has 0 bridgehead atoms. The minimum absolute atomic E-state index is 0.000577. The number of hydrogen-bond acceptors (Lipinski definition) is 5. The van der Waals surface area contributed by atoms with Crippen molar-refractivity contribution in [3.63, 3.8) is 0 Å². The molecule has 1 aromatic heterocycles. The topological polar surface area (TPSA) is 71.3 Å². The van der Waals surface area contributed by atoms with Crippen LogP contribution in [0.5, 0.6) is 0 Å². The highest BCUT2D eigenvalue weighted by Crippen LogP contribution is 2.09. The molecule has 0 spiro atoms. The van der Waals surface area contributed by atoms with Gasteiger partial charge in [0.1, 0.15) is 11.9 Å². The van der Waals surface area contributed by atoms with E-state index in [0.29, 0.717) is 19.0 Å². The number of nitrogens with one attached hydrogen (secondary N) is 1. The number of halogens is 1. The van der Waals surface area contributed by atoms with Crippen LogP contribution in [0.15, 0.2) is 4.42 Å². The Morgan fingerprint density at radius 1 is 1.47 bits per heavy atom. The molecule has 1 rings (SSSR count). The molecule has 0 aromatic carbocycles. The summed E-state index contributed by atoms with van der Waals surface area (Å²) in [4.78, 5) is 13.7. The summed E-state index contributed by atoms with van der Waals surface area (Å²) in [7, 11) is 0. The van der Waals surface area contributed by atoms with E-state index in [1.807, 2.05) is 13.8 Å². The number of carbonyl (C=O) groups is 1. The van der Waals surface area contributed by atoms with Gasteiger partial charge in [-0.2, -0.15) is 0 Å². The number of anilines is 1. The third-order valence-corrected chi connectivity index (χ3v) is 2.60. The van der Waals surface area contributed by atoms with Gasteiger partial charge in [-0.15, -0.1) is 16.7 Å². The molecule has 1 aromatic rings. The van der Waals surface area contributed by atoms with E-state index in [1.165, 1.54) is 0 Å². The third-order valence-electron chi connectivity index (χ3n) is 2.37. The Bertz CT molecular complexity index is 365. The summed E-state index contributed by atoms with van der Waals surface area (Å²) in [5.74, 6) is 0.491. The number of alkyl halides is 1. The lowest BCUT2D eigenvalue weighted by molar-refractivity contribution is -0.131. The predicted molar refractivity (Wildman–Crippen MR) is 64.9 cm³/mol. The summed E-state index contributed by atoms with van der Waals surface area (Å²) in [5, 5.41) is 10.3. The van der Waals surface area contributed by atoms with Gasteiger partial charge in [0.2, 0.25) is 11.8 Å². The second-order valence-electron chi connectivity index (χ2n) is 3.51. The molecule has 1 amide bonds. The van der Waals surface area contributed by atoms with Gasteiger partial charge >= 0.3 is 6.01 Å². The molecule has 0 aliphatic heterocycles. The van der Waals surface area contributed by atoms with Crippen molar-refractivity contribution in [2.75, 3.05) is 18.4 Å². The lowest BCUT2D eigenvalue weighted by atomic mass is 10.3. The van der Waals surface area contributed by atoms with Crippen molar-refractivity contribution in [1.82, 2.24) is 15.1 Å². The van der Waals surface area contributed by atoms with Crippen molar-refractivity contribution in [1.29, 1.82) is 0 Å². The Kier molecular flexibility index (Phi) is 5.21. The second kappa shape index (κ2) is 6.44. The predicted octanol–water partition coefficient (Wildman–Crippen LogP) is 1.48. The Hall–Kier alpha value is -1.30. The van der Waals surface area contributed by atoms with E-state index in [1.54, 1.807) is 11.8 Å². The summed E-state index contributed by atoms with van der Waals surface area (Å²) >= 11 is 5.54. The largest absolute Gasteiger partial charge is 0.407 e. The van der Waals surface area contributed by atoms with Crippen LogP contribution in [-0.2, 0) is 10.7 Å². The molecule has 17 heavy (non-hydrogen) atoms. The van der Waals surface area contributed by atoms with Gasteiger partial charge in [-0.1, -0.05) is 5.10 Å². The number of amides is 1. The maximum atomic E-state index is 11.9. The molecule has 0 saturated heterocycles.